The number of rotatable bonds is 11. The number of hydrogen-bond donors (Lipinski definition) is 2. The summed E-state index contributed by atoms with van der Waals surface area (Å²) in [7, 11) is -2.82. The Hall–Kier alpha value is -3.84. The summed E-state index contributed by atoms with van der Waals surface area (Å²) in [4.78, 5) is 30.7. The zero-order valence-corrected chi connectivity index (χ0v) is 28.5. The summed E-state index contributed by atoms with van der Waals surface area (Å²) in [5.74, 6) is -2.01. The number of fused-ring (bicyclic) bond motifs is 2. The van der Waals surface area contributed by atoms with Gasteiger partial charge in [-0.1, -0.05) is 40.2 Å². The Morgan fingerprint density at radius 2 is 1.68 bits per heavy atom. The zero-order valence-electron chi connectivity index (χ0n) is 26.1. The van der Waals surface area contributed by atoms with Crippen LogP contribution >= 0.6 is 15.9 Å². The predicted molar refractivity (Wildman–Crippen MR) is 169 cm³/mol. The highest BCUT2D eigenvalue weighted by Gasteiger charge is 2.48. The third kappa shape index (κ3) is 8.71. The minimum atomic E-state index is -4.79. The maximum atomic E-state index is 13.8. The van der Waals surface area contributed by atoms with E-state index in [9.17, 15) is 44.3 Å². The Balaban J connectivity index is 1.43. The molecule has 2 heterocycles. The van der Waals surface area contributed by atoms with E-state index in [-0.39, 0.29) is 34.4 Å². The van der Waals surface area contributed by atoms with E-state index in [1.54, 1.807) is 25.1 Å². The monoisotopic (exact) mass is 791 g/mol. The van der Waals surface area contributed by atoms with E-state index in [1.807, 2.05) is 4.72 Å². The second-order valence-corrected chi connectivity index (χ2v) is 14.1. The van der Waals surface area contributed by atoms with Crippen molar-refractivity contribution in [1.29, 1.82) is 0 Å². The molecule has 1 amide bonds. The van der Waals surface area contributed by atoms with Crippen molar-refractivity contribution in [2.75, 3.05) is 20.3 Å². The van der Waals surface area contributed by atoms with E-state index in [2.05, 4.69) is 26.2 Å². The van der Waals surface area contributed by atoms with Crippen LogP contribution in [0.1, 0.15) is 45.7 Å². The fourth-order valence-electron chi connectivity index (χ4n) is 5.85. The van der Waals surface area contributed by atoms with Gasteiger partial charge in [0.2, 0.25) is 15.9 Å². The molecule has 3 aromatic rings. The maximum Gasteiger partial charge on any atom is 0.411 e. The first-order valence-electron chi connectivity index (χ1n) is 14.7. The number of aromatic nitrogens is 1. The number of pyridine rings is 1. The molecule has 3 atom stereocenters. The summed E-state index contributed by atoms with van der Waals surface area (Å²) < 4.78 is 123. The number of Topliss-reactive ketones (excluding diaryl/α,β-unsaturated/α-hetero) is 1. The predicted octanol–water partition coefficient (Wildman–Crippen LogP) is 5.56. The van der Waals surface area contributed by atoms with Crippen LogP contribution in [0, 0.1) is 6.92 Å². The number of hydrogen-bond acceptors (Lipinski definition) is 9. The number of carbonyl (C=O) groups excluding carboxylic acids is 2. The average Bonchev–Trinajstić information content (AvgIpc) is 3.38. The molecule has 2 aliphatic rings. The molecule has 1 aliphatic carbocycles. The number of nitrogens with one attached hydrogen (secondary N) is 2. The normalized spacial score (nSPS) is 19.3. The number of halogens is 7. The van der Waals surface area contributed by atoms with Crippen molar-refractivity contribution in [1.82, 2.24) is 15.0 Å². The SMILES string of the molecule is COc1ccc(Br)cc1CC(=O)NS(=O)(=O)Cc1ccc(C2NC(OCC(F)(F)F)C3=C2C(=O)C(OCC(F)(F)F)c2cccnc23)c(C)c1. The third-order valence-electron chi connectivity index (χ3n) is 7.73. The van der Waals surface area contributed by atoms with Crippen molar-refractivity contribution in [3.8, 4) is 5.75 Å². The lowest BCUT2D eigenvalue weighted by atomic mass is 9.82. The number of aryl methyl sites for hydroxylation is 1. The van der Waals surface area contributed by atoms with Crippen LogP contribution in [0.3, 0.4) is 0 Å². The van der Waals surface area contributed by atoms with Gasteiger partial charge in [-0.25, -0.2) is 8.42 Å². The van der Waals surface area contributed by atoms with Gasteiger partial charge < -0.3 is 14.2 Å². The number of benzene rings is 2. The Labute approximate surface area is 290 Å². The van der Waals surface area contributed by atoms with Crippen molar-refractivity contribution in [3.63, 3.8) is 0 Å². The van der Waals surface area contributed by atoms with E-state index in [0.717, 1.165) is 0 Å². The summed E-state index contributed by atoms with van der Waals surface area (Å²) in [6, 6.07) is 10.6. The number of nitrogens with zero attached hydrogens (tertiary/aromatic N) is 1. The number of ether oxygens (including phenoxy) is 3. The number of methoxy groups -OCH3 is 1. The number of amides is 1. The fourth-order valence-corrected chi connectivity index (χ4v) is 7.37. The van der Waals surface area contributed by atoms with Crippen LogP contribution in [-0.4, -0.2) is 64.0 Å². The Morgan fingerprint density at radius 3 is 2.34 bits per heavy atom. The van der Waals surface area contributed by atoms with Crippen molar-refractivity contribution >= 4 is 43.2 Å². The molecule has 2 N–H and O–H groups in total. The molecule has 10 nitrogen and oxygen atoms in total. The molecule has 1 aromatic heterocycles. The number of alkyl halides is 6. The molecule has 268 valence electrons. The summed E-state index contributed by atoms with van der Waals surface area (Å²) in [6.07, 6.45) is -11.9. The van der Waals surface area contributed by atoms with Gasteiger partial charge in [0.25, 0.3) is 0 Å². The standard InChI is InChI=1S/C32H28BrF6N3O7S/c1-16-10-17(13-50(45,46)42-23(43)12-18-11-19(33)6-8-22(18)47-2)5-7-20(16)27-24-25(30(41-27)49-15-32(37,38)39)26-21(4-3-9-40-26)29(28(24)44)48-14-31(34,35)36/h3-11,27,29-30,41H,12-15H2,1-2H3,(H,42,43). The Kier molecular flexibility index (Phi) is 10.8. The molecular weight excluding hydrogens is 764 g/mol. The van der Waals surface area contributed by atoms with E-state index in [4.69, 9.17) is 14.2 Å². The molecule has 5 rings (SSSR count). The van der Waals surface area contributed by atoms with Crippen LogP contribution in [0.5, 0.6) is 5.75 Å². The number of ketones is 1. The molecule has 50 heavy (non-hydrogen) atoms. The molecule has 1 aliphatic heterocycles. The molecule has 2 aromatic carbocycles. The average molecular weight is 793 g/mol. The van der Waals surface area contributed by atoms with E-state index in [1.165, 1.54) is 43.6 Å². The Morgan fingerprint density at radius 1 is 0.980 bits per heavy atom. The molecular formula is C32H28BrF6N3O7S. The summed E-state index contributed by atoms with van der Waals surface area (Å²) in [6.45, 7) is -1.94. The molecule has 0 spiro atoms. The van der Waals surface area contributed by atoms with E-state index < -0.39 is 71.4 Å². The molecule has 3 unspecified atom stereocenters. The largest absolute Gasteiger partial charge is 0.496 e. The van der Waals surface area contributed by atoms with Gasteiger partial charge in [-0.2, -0.15) is 26.3 Å². The maximum absolute atomic E-state index is 13.8. The molecule has 0 bridgehead atoms. The second kappa shape index (κ2) is 14.4. The van der Waals surface area contributed by atoms with Gasteiger partial charge in [-0.05, 0) is 47.9 Å². The molecule has 0 fully saturated rings. The minimum absolute atomic E-state index is 0.0620. The van der Waals surface area contributed by atoms with E-state index >= 15 is 0 Å². The quantitative estimate of drug-likeness (QED) is 0.240. The summed E-state index contributed by atoms with van der Waals surface area (Å²) >= 11 is 3.29. The van der Waals surface area contributed by atoms with Crippen LogP contribution in [0.2, 0.25) is 0 Å². The van der Waals surface area contributed by atoms with Crippen LogP contribution in [-0.2, 0) is 41.3 Å². The lowest BCUT2D eigenvalue weighted by molar-refractivity contribution is -0.187. The summed E-state index contributed by atoms with van der Waals surface area (Å²) in [5.41, 5.74) is 0.912. The lowest BCUT2D eigenvalue weighted by Gasteiger charge is -2.28. The highest BCUT2D eigenvalue weighted by molar-refractivity contribution is 9.10. The van der Waals surface area contributed by atoms with Gasteiger partial charge in [0.05, 0.1) is 31.0 Å². The molecule has 0 saturated carbocycles. The molecule has 0 saturated heterocycles. The van der Waals surface area contributed by atoms with Gasteiger partial charge in [-0.3, -0.25) is 24.6 Å². The van der Waals surface area contributed by atoms with Gasteiger partial charge in [0.1, 0.15) is 31.3 Å². The smallest absolute Gasteiger partial charge is 0.411 e. The molecule has 0 radical (unpaired) electrons. The van der Waals surface area contributed by atoms with Crippen LogP contribution in [0.15, 0.2) is 64.8 Å². The third-order valence-corrected chi connectivity index (χ3v) is 9.48. The zero-order chi connectivity index (χ0) is 36.6. The fraction of sp³-hybridized carbons (Fsp3) is 0.344. The summed E-state index contributed by atoms with van der Waals surface area (Å²) in [5, 5.41) is 2.83. The second-order valence-electron chi connectivity index (χ2n) is 11.5. The number of sulfonamides is 1. The minimum Gasteiger partial charge on any atom is -0.496 e. The van der Waals surface area contributed by atoms with Crippen molar-refractivity contribution in [2.24, 2.45) is 0 Å². The van der Waals surface area contributed by atoms with Crippen molar-refractivity contribution in [2.45, 2.75) is 49.8 Å². The van der Waals surface area contributed by atoms with Crippen molar-refractivity contribution in [3.05, 3.63) is 98.3 Å². The van der Waals surface area contributed by atoms with Crippen LogP contribution in [0.25, 0.3) is 5.57 Å². The highest BCUT2D eigenvalue weighted by atomic mass is 79.9. The van der Waals surface area contributed by atoms with Gasteiger partial charge in [-0.15, -0.1) is 0 Å². The van der Waals surface area contributed by atoms with Gasteiger partial charge in [0.15, 0.2) is 5.78 Å². The molecule has 18 heteroatoms. The van der Waals surface area contributed by atoms with Crippen LogP contribution < -0.4 is 14.8 Å². The van der Waals surface area contributed by atoms with Gasteiger partial charge >= 0.3 is 12.4 Å². The number of carbonyl (C=O) groups is 2. The highest BCUT2D eigenvalue weighted by Crippen LogP contribution is 2.47. The first-order chi connectivity index (χ1) is 23.4. The lowest BCUT2D eigenvalue weighted by Crippen LogP contribution is -2.34. The van der Waals surface area contributed by atoms with E-state index in [0.29, 0.717) is 26.9 Å². The van der Waals surface area contributed by atoms with Gasteiger partial charge in [0, 0.05) is 32.9 Å². The first kappa shape index (κ1) is 37.4. The van der Waals surface area contributed by atoms with Crippen molar-refractivity contribution < 1.29 is 58.6 Å². The first-order valence-corrected chi connectivity index (χ1v) is 17.1. The topological polar surface area (TPSA) is 133 Å². The Bertz CT molecular complexity index is 1950. The van der Waals surface area contributed by atoms with Crippen LogP contribution in [0.4, 0.5) is 26.3 Å².